The number of benzene rings is 2. The van der Waals surface area contributed by atoms with Gasteiger partial charge in [-0.15, -0.1) is 11.3 Å². The van der Waals surface area contributed by atoms with E-state index in [-0.39, 0.29) is 30.2 Å². The summed E-state index contributed by atoms with van der Waals surface area (Å²) >= 11 is 1.36. The van der Waals surface area contributed by atoms with Crippen molar-refractivity contribution in [3.8, 4) is 11.1 Å². The van der Waals surface area contributed by atoms with Crippen LogP contribution >= 0.6 is 11.3 Å². The number of anilines is 1. The van der Waals surface area contributed by atoms with Gasteiger partial charge in [0.25, 0.3) is 5.91 Å². The number of carbonyl (C=O) groups is 3. The molecule has 3 amide bonds. The molecule has 1 unspecified atom stereocenters. The summed E-state index contributed by atoms with van der Waals surface area (Å²) in [7, 11) is 0. The number of nitrogens with zero attached hydrogens (tertiary/aromatic N) is 4. The lowest BCUT2D eigenvalue weighted by Gasteiger charge is -2.37. The van der Waals surface area contributed by atoms with Crippen LogP contribution in [0.3, 0.4) is 0 Å². The van der Waals surface area contributed by atoms with Crippen molar-refractivity contribution < 1.29 is 14.4 Å². The largest absolute Gasteiger partial charge is 0.369 e. The molecule has 2 aromatic carbocycles. The fourth-order valence-corrected chi connectivity index (χ4v) is 5.45. The van der Waals surface area contributed by atoms with Crippen molar-refractivity contribution >= 4 is 34.7 Å². The van der Waals surface area contributed by atoms with Crippen molar-refractivity contribution in [2.75, 3.05) is 37.6 Å². The molecule has 2 aliphatic heterocycles. The Morgan fingerprint density at radius 3 is 2.49 bits per heavy atom. The van der Waals surface area contributed by atoms with Gasteiger partial charge in [-0.2, -0.15) is 0 Å². The number of hydrogen-bond acceptors (Lipinski definition) is 6. The first-order chi connectivity index (χ1) is 17.0. The molecule has 2 N–H and O–H groups in total. The van der Waals surface area contributed by atoms with Crippen LogP contribution in [-0.2, 0) is 16.0 Å². The average Bonchev–Trinajstić information content (AvgIpc) is 3.54. The smallest absolute Gasteiger partial charge is 0.282 e. The average molecular weight is 490 g/mol. The van der Waals surface area contributed by atoms with Gasteiger partial charge in [-0.1, -0.05) is 36.4 Å². The number of primary amides is 1. The number of nitrogens with two attached hydrogens (primary N) is 1. The third kappa shape index (κ3) is 5.11. The second kappa shape index (κ2) is 9.97. The third-order valence-electron chi connectivity index (χ3n) is 6.63. The first-order valence-electron chi connectivity index (χ1n) is 11.7. The van der Waals surface area contributed by atoms with Gasteiger partial charge in [0, 0.05) is 62.5 Å². The van der Waals surface area contributed by atoms with Gasteiger partial charge in [-0.3, -0.25) is 19.3 Å². The van der Waals surface area contributed by atoms with E-state index in [4.69, 9.17) is 5.73 Å². The van der Waals surface area contributed by atoms with Crippen LogP contribution in [0.5, 0.6) is 0 Å². The number of carbonyl (C=O) groups excluding carboxylic acids is 3. The first-order valence-corrected chi connectivity index (χ1v) is 12.6. The van der Waals surface area contributed by atoms with Crippen LogP contribution in [0.15, 0.2) is 60.1 Å². The molecule has 0 spiro atoms. The van der Waals surface area contributed by atoms with E-state index in [1.807, 2.05) is 63.7 Å². The Labute approximate surface area is 208 Å². The summed E-state index contributed by atoms with van der Waals surface area (Å²) in [4.78, 5) is 47.0. The summed E-state index contributed by atoms with van der Waals surface area (Å²) in [5, 5.41) is 2.34. The van der Waals surface area contributed by atoms with Crippen molar-refractivity contribution in [3.05, 3.63) is 70.7 Å². The molecule has 1 atom stereocenters. The van der Waals surface area contributed by atoms with E-state index in [9.17, 15) is 14.4 Å². The summed E-state index contributed by atoms with van der Waals surface area (Å²) in [6, 6.07) is 15.8. The van der Waals surface area contributed by atoms with Gasteiger partial charge in [-0.05, 0) is 28.8 Å². The lowest BCUT2D eigenvalue weighted by Crippen LogP contribution is -2.52. The molecule has 3 heterocycles. The van der Waals surface area contributed by atoms with Crippen LogP contribution in [-0.4, -0.2) is 71.3 Å². The molecule has 2 saturated heterocycles. The minimum Gasteiger partial charge on any atom is -0.369 e. The van der Waals surface area contributed by atoms with Crippen molar-refractivity contribution in [1.29, 1.82) is 0 Å². The Bertz CT molecular complexity index is 1240. The molecule has 2 fully saturated rings. The SMILES string of the molecule is NC(=O)Cc1cccc(-c2cccc(N3CC(N4CCN(C(=O)c5nccs5)CC4)CC3=O)c2)c1. The maximum Gasteiger partial charge on any atom is 0.282 e. The fraction of sp³-hybridized carbons (Fsp3) is 0.308. The highest BCUT2D eigenvalue weighted by Gasteiger charge is 2.36. The van der Waals surface area contributed by atoms with Crippen molar-refractivity contribution in [1.82, 2.24) is 14.8 Å². The summed E-state index contributed by atoms with van der Waals surface area (Å²) in [6.07, 6.45) is 2.32. The molecule has 9 heteroatoms. The van der Waals surface area contributed by atoms with E-state index in [1.165, 1.54) is 11.3 Å². The maximum absolute atomic E-state index is 13.0. The van der Waals surface area contributed by atoms with Crippen LogP contribution in [0, 0.1) is 0 Å². The third-order valence-corrected chi connectivity index (χ3v) is 7.40. The van der Waals surface area contributed by atoms with Gasteiger partial charge in [0.05, 0.1) is 6.42 Å². The van der Waals surface area contributed by atoms with E-state index in [0.29, 0.717) is 31.1 Å². The van der Waals surface area contributed by atoms with Gasteiger partial charge >= 0.3 is 0 Å². The Hall–Kier alpha value is -3.56. The van der Waals surface area contributed by atoms with Crippen LogP contribution < -0.4 is 10.6 Å². The van der Waals surface area contributed by atoms with Crippen molar-refractivity contribution in [2.45, 2.75) is 18.9 Å². The van der Waals surface area contributed by atoms with Gasteiger partial charge in [0.15, 0.2) is 5.01 Å². The first kappa shape index (κ1) is 23.2. The predicted molar refractivity (Wildman–Crippen MR) is 135 cm³/mol. The van der Waals surface area contributed by atoms with Gasteiger partial charge in [0.1, 0.15) is 0 Å². The second-order valence-corrected chi connectivity index (χ2v) is 9.82. The van der Waals surface area contributed by atoms with Crippen LogP contribution in [0.25, 0.3) is 11.1 Å². The summed E-state index contributed by atoms with van der Waals surface area (Å²) in [5.41, 5.74) is 9.05. The summed E-state index contributed by atoms with van der Waals surface area (Å²) < 4.78 is 0. The monoisotopic (exact) mass is 489 g/mol. The Balaban J connectivity index is 1.24. The standard InChI is InChI=1S/C26H27N5O3S/c27-23(32)14-18-3-1-4-19(13-18)20-5-2-6-21(15-20)31-17-22(16-24(31)33)29-8-10-30(11-9-29)26(34)25-28-7-12-35-25/h1-7,12-13,15,22H,8-11,14,16-17H2,(H2,27,32). The lowest BCUT2D eigenvalue weighted by atomic mass is 10.0. The van der Waals surface area contributed by atoms with Gasteiger partial charge in [-0.25, -0.2) is 4.98 Å². The quantitative estimate of drug-likeness (QED) is 0.573. The van der Waals surface area contributed by atoms with E-state index in [0.717, 1.165) is 35.5 Å². The van der Waals surface area contributed by atoms with Crippen LogP contribution in [0.4, 0.5) is 5.69 Å². The molecule has 0 saturated carbocycles. The highest BCUT2D eigenvalue weighted by Crippen LogP contribution is 2.30. The van der Waals surface area contributed by atoms with Crippen molar-refractivity contribution in [2.24, 2.45) is 5.73 Å². The zero-order valence-corrected chi connectivity index (χ0v) is 20.1. The van der Waals surface area contributed by atoms with Crippen molar-refractivity contribution in [3.63, 3.8) is 0 Å². The molecular weight excluding hydrogens is 462 g/mol. The highest BCUT2D eigenvalue weighted by atomic mass is 32.1. The molecule has 2 aliphatic rings. The summed E-state index contributed by atoms with van der Waals surface area (Å²) in [6.45, 7) is 3.40. The highest BCUT2D eigenvalue weighted by molar-refractivity contribution is 7.11. The zero-order valence-electron chi connectivity index (χ0n) is 19.3. The Morgan fingerprint density at radius 2 is 1.77 bits per heavy atom. The number of aromatic nitrogens is 1. The molecule has 35 heavy (non-hydrogen) atoms. The minimum absolute atomic E-state index is 0.0134. The van der Waals surface area contributed by atoms with E-state index in [2.05, 4.69) is 9.88 Å². The topological polar surface area (TPSA) is 99.8 Å². The van der Waals surface area contributed by atoms with E-state index < -0.39 is 0 Å². The zero-order chi connectivity index (χ0) is 24.4. The predicted octanol–water partition coefficient (Wildman–Crippen LogP) is 2.40. The van der Waals surface area contributed by atoms with Crippen LogP contribution in [0.1, 0.15) is 21.8 Å². The fourth-order valence-electron chi connectivity index (χ4n) is 4.85. The molecule has 8 nitrogen and oxygen atoms in total. The summed E-state index contributed by atoms with van der Waals surface area (Å²) in [5.74, 6) is -0.269. The molecule has 180 valence electrons. The minimum atomic E-state index is -0.363. The van der Waals surface area contributed by atoms with Gasteiger partial charge in [0.2, 0.25) is 11.8 Å². The molecule has 3 aromatic rings. The Kier molecular flexibility index (Phi) is 6.61. The number of piperazine rings is 1. The molecule has 5 rings (SSSR count). The van der Waals surface area contributed by atoms with Gasteiger partial charge < -0.3 is 15.5 Å². The molecular formula is C26H27N5O3S. The van der Waals surface area contributed by atoms with E-state index in [1.54, 1.807) is 6.20 Å². The van der Waals surface area contributed by atoms with Crippen LogP contribution in [0.2, 0.25) is 0 Å². The molecule has 0 aliphatic carbocycles. The molecule has 0 bridgehead atoms. The number of hydrogen-bond donors (Lipinski definition) is 1. The second-order valence-electron chi connectivity index (χ2n) is 8.92. The number of amides is 3. The van der Waals surface area contributed by atoms with E-state index >= 15 is 0 Å². The Morgan fingerprint density at radius 1 is 1.03 bits per heavy atom. The molecule has 0 radical (unpaired) electrons. The maximum atomic E-state index is 13.0. The number of thiazole rings is 1. The number of rotatable bonds is 6. The molecule has 1 aromatic heterocycles. The lowest BCUT2D eigenvalue weighted by molar-refractivity contribution is -0.118. The normalized spacial score (nSPS) is 18.7.